The van der Waals surface area contributed by atoms with E-state index in [1.807, 2.05) is 6.07 Å². The zero-order valence-electron chi connectivity index (χ0n) is 18.3. The van der Waals surface area contributed by atoms with Gasteiger partial charge < -0.3 is 20.8 Å². The second kappa shape index (κ2) is 15.9. The molecule has 3 aromatic rings. The van der Waals surface area contributed by atoms with Gasteiger partial charge in [-0.2, -0.15) is 0 Å². The molecule has 3 rings (SSSR count). The molecule has 0 aromatic heterocycles. The fraction of sp³-hybridized carbons (Fsp3) is 0.308. The molecular weight excluding hydrogens is 532 g/mol. The lowest BCUT2D eigenvalue weighted by atomic mass is 10.0. The minimum Gasteiger partial charge on any atom is -0.504 e. The fourth-order valence-corrected chi connectivity index (χ4v) is 3.56. The van der Waals surface area contributed by atoms with Gasteiger partial charge in [0, 0.05) is 6.54 Å². The predicted octanol–water partition coefficient (Wildman–Crippen LogP) is 5.35. The van der Waals surface area contributed by atoms with Crippen molar-refractivity contribution in [3.8, 4) is 11.5 Å². The number of phenolic OH excluding ortho intramolecular Hbond substituents is 2. The van der Waals surface area contributed by atoms with Crippen LogP contribution in [0.15, 0.2) is 72.8 Å². The molecule has 4 nitrogen and oxygen atoms in total. The molecular formula is C26H34Br2N2O2. The van der Waals surface area contributed by atoms with Crippen LogP contribution in [0, 0.1) is 0 Å². The van der Waals surface area contributed by atoms with Gasteiger partial charge in [-0.3, -0.25) is 0 Å². The van der Waals surface area contributed by atoms with E-state index in [9.17, 15) is 10.2 Å². The van der Waals surface area contributed by atoms with Crippen LogP contribution in [0.25, 0.3) is 0 Å². The maximum atomic E-state index is 9.55. The molecule has 0 amide bonds. The largest absolute Gasteiger partial charge is 0.504 e. The summed E-state index contributed by atoms with van der Waals surface area (Å²) in [7, 11) is 0. The van der Waals surface area contributed by atoms with Crippen LogP contribution >= 0.6 is 34.0 Å². The van der Waals surface area contributed by atoms with Crippen LogP contribution in [0.3, 0.4) is 0 Å². The Balaban J connectivity index is 0.00000256. The van der Waals surface area contributed by atoms with Crippen LogP contribution in [0.5, 0.6) is 11.5 Å². The van der Waals surface area contributed by atoms with E-state index in [0.29, 0.717) is 0 Å². The Labute approximate surface area is 212 Å². The van der Waals surface area contributed by atoms with Crippen molar-refractivity contribution in [1.82, 2.24) is 10.6 Å². The Morgan fingerprint density at radius 3 is 1.97 bits per heavy atom. The smallest absolute Gasteiger partial charge is 0.157 e. The highest BCUT2D eigenvalue weighted by Gasteiger charge is 2.03. The molecule has 0 aliphatic heterocycles. The number of nitrogens with one attached hydrogen (secondary N) is 2. The summed E-state index contributed by atoms with van der Waals surface area (Å²) in [6.07, 6.45) is 4.02. The van der Waals surface area contributed by atoms with Gasteiger partial charge in [0.1, 0.15) is 0 Å². The molecule has 0 atom stereocenters. The lowest BCUT2D eigenvalue weighted by Gasteiger charge is -2.11. The number of halogens is 2. The van der Waals surface area contributed by atoms with Crippen molar-refractivity contribution in [2.24, 2.45) is 0 Å². The van der Waals surface area contributed by atoms with E-state index in [2.05, 4.69) is 65.2 Å². The van der Waals surface area contributed by atoms with E-state index < -0.39 is 0 Å². The molecule has 0 spiro atoms. The molecule has 0 aliphatic rings. The Morgan fingerprint density at radius 1 is 0.562 bits per heavy atom. The Morgan fingerprint density at radius 2 is 1.22 bits per heavy atom. The number of aromatic hydroxyl groups is 2. The second-order valence-corrected chi connectivity index (χ2v) is 7.61. The molecule has 174 valence electrons. The van der Waals surface area contributed by atoms with E-state index in [1.165, 1.54) is 22.8 Å². The summed E-state index contributed by atoms with van der Waals surface area (Å²) in [5, 5.41) is 26.0. The highest BCUT2D eigenvalue weighted by Crippen LogP contribution is 2.24. The molecule has 0 heterocycles. The molecule has 0 saturated carbocycles. The third kappa shape index (κ3) is 9.74. The number of hydrogen-bond donors (Lipinski definition) is 4. The molecule has 0 bridgehead atoms. The Kier molecular flexibility index (Phi) is 14.0. The van der Waals surface area contributed by atoms with Crippen molar-refractivity contribution in [2.75, 3.05) is 19.6 Å². The highest BCUT2D eigenvalue weighted by atomic mass is 79.9. The van der Waals surface area contributed by atoms with Gasteiger partial charge in [-0.1, -0.05) is 60.7 Å². The minimum absolute atomic E-state index is 0. The zero-order valence-corrected chi connectivity index (χ0v) is 21.7. The number of benzene rings is 3. The number of rotatable bonds is 12. The zero-order chi connectivity index (χ0) is 21.0. The van der Waals surface area contributed by atoms with Crippen molar-refractivity contribution in [3.63, 3.8) is 0 Å². The van der Waals surface area contributed by atoms with Crippen LogP contribution in [-0.4, -0.2) is 29.8 Å². The van der Waals surface area contributed by atoms with Crippen LogP contribution < -0.4 is 10.6 Å². The van der Waals surface area contributed by atoms with E-state index in [1.54, 1.807) is 6.07 Å². The summed E-state index contributed by atoms with van der Waals surface area (Å²) in [5.41, 5.74) is 5.18. The lowest BCUT2D eigenvalue weighted by Crippen LogP contribution is -2.20. The van der Waals surface area contributed by atoms with Crippen LogP contribution in [-0.2, 0) is 25.8 Å². The Bertz CT molecular complexity index is 907. The maximum absolute atomic E-state index is 9.55. The van der Waals surface area contributed by atoms with Crippen molar-refractivity contribution in [1.29, 1.82) is 0 Å². The summed E-state index contributed by atoms with van der Waals surface area (Å²) in [6.45, 7) is 3.69. The van der Waals surface area contributed by atoms with Gasteiger partial charge in [0.15, 0.2) is 11.5 Å². The average Bonchev–Trinajstić information content (AvgIpc) is 2.77. The summed E-state index contributed by atoms with van der Waals surface area (Å²) in [4.78, 5) is 0. The standard InChI is InChI=1S/C26H32N2O2.2BrH/c29-25-13-12-22(19-26(25)30)15-17-27-16-6-11-23-9-4-5-10-24(23)20-28-18-14-21-7-2-1-3-8-21;;/h1-5,7-10,12-13,19,27-30H,6,11,14-18,20H2;2*1H. The third-order valence-electron chi connectivity index (χ3n) is 5.30. The van der Waals surface area contributed by atoms with Gasteiger partial charge in [-0.15, -0.1) is 34.0 Å². The predicted molar refractivity (Wildman–Crippen MR) is 144 cm³/mol. The van der Waals surface area contributed by atoms with Gasteiger partial charge >= 0.3 is 0 Å². The summed E-state index contributed by atoms with van der Waals surface area (Å²) in [5.74, 6) is -0.124. The first kappa shape index (κ1) is 28.2. The first-order chi connectivity index (χ1) is 14.7. The van der Waals surface area contributed by atoms with Crippen LogP contribution in [0.1, 0.15) is 28.7 Å². The highest BCUT2D eigenvalue weighted by molar-refractivity contribution is 8.93. The minimum atomic E-state index is -0.0695. The summed E-state index contributed by atoms with van der Waals surface area (Å²) < 4.78 is 0. The fourth-order valence-electron chi connectivity index (χ4n) is 3.56. The molecule has 0 unspecified atom stereocenters. The van der Waals surface area contributed by atoms with Crippen molar-refractivity contribution in [3.05, 3.63) is 95.1 Å². The molecule has 0 radical (unpaired) electrons. The van der Waals surface area contributed by atoms with Gasteiger partial charge in [-0.05, 0) is 79.7 Å². The summed E-state index contributed by atoms with van der Waals surface area (Å²) >= 11 is 0. The van der Waals surface area contributed by atoms with E-state index >= 15 is 0 Å². The SMILES string of the molecule is Br.Br.Oc1ccc(CCNCCCc2ccccc2CNCCc2ccccc2)cc1O. The van der Waals surface area contributed by atoms with Crippen molar-refractivity contribution < 1.29 is 10.2 Å². The molecule has 4 N–H and O–H groups in total. The van der Waals surface area contributed by atoms with E-state index in [0.717, 1.165) is 57.4 Å². The summed E-state index contributed by atoms with van der Waals surface area (Å²) in [6, 6.07) is 24.3. The molecule has 6 heteroatoms. The molecule has 0 aliphatic carbocycles. The monoisotopic (exact) mass is 564 g/mol. The number of phenols is 2. The van der Waals surface area contributed by atoms with Crippen molar-refractivity contribution in [2.45, 2.75) is 32.2 Å². The van der Waals surface area contributed by atoms with Crippen LogP contribution in [0.4, 0.5) is 0 Å². The van der Waals surface area contributed by atoms with Gasteiger partial charge in [0.25, 0.3) is 0 Å². The first-order valence-corrected chi connectivity index (χ1v) is 10.8. The van der Waals surface area contributed by atoms with E-state index in [-0.39, 0.29) is 45.5 Å². The average molecular weight is 566 g/mol. The second-order valence-electron chi connectivity index (χ2n) is 7.61. The van der Waals surface area contributed by atoms with Gasteiger partial charge in [0.05, 0.1) is 0 Å². The van der Waals surface area contributed by atoms with Crippen molar-refractivity contribution >= 4 is 34.0 Å². The normalized spacial score (nSPS) is 10.2. The van der Waals surface area contributed by atoms with E-state index in [4.69, 9.17) is 0 Å². The third-order valence-corrected chi connectivity index (χ3v) is 5.30. The van der Waals surface area contributed by atoms with Gasteiger partial charge in [-0.25, -0.2) is 0 Å². The number of hydrogen-bond acceptors (Lipinski definition) is 4. The maximum Gasteiger partial charge on any atom is 0.157 e. The molecule has 0 fully saturated rings. The first-order valence-electron chi connectivity index (χ1n) is 10.8. The molecule has 3 aromatic carbocycles. The van der Waals surface area contributed by atoms with Gasteiger partial charge in [0.2, 0.25) is 0 Å². The lowest BCUT2D eigenvalue weighted by molar-refractivity contribution is 0.403. The number of aryl methyl sites for hydroxylation is 1. The van der Waals surface area contributed by atoms with Crippen LogP contribution in [0.2, 0.25) is 0 Å². The topological polar surface area (TPSA) is 64.5 Å². The Hall–Kier alpha value is -1.86. The quantitative estimate of drug-likeness (QED) is 0.176. The molecule has 32 heavy (non-hydrogen) atoms. The molecule has 0 saturated heterocycles.